The summed E-state index contributed by atoms with van der Waals surface area (Å²) in [5.74, 6) is -0.251. The lowest BCUT2D eigenvalue weighted by molar-refractivity contribution is -0.152. The summed E-state index contributed by atoms with van der Waals surface area (Å²) in [7, 11) is 1.49. The summed E-state index contributed by atoms with van der Waals surface area (Å²) in [6, 6.07) is 0.546. The molecule has 0 radical (unpaired) electrons. The van der Waals surface area contributed by atoms with Crippen LogP contribution in [0.15, 0.2) is 0 Å². The largest absolute Gasteiger partial charge is 0.438 e. The Bertz CT molecular complexity index is 134. The van der Waals surface area contributed by atoms with Crippen molar-refractivity contribution in [1.82, 2.24) is 5.32 Å². The molecule has 0 saturated heterocycles. The minimum Gasteiger partial charge on any atom is -0.438 e. The highest BCUT2D eigenvalue weighted by Gasteiger charge is 2.21. The average molecular weight is 159 g/mol. The van der Waals surface area contributed by atoms with Gasteiger partial charge in [0.25, 0.3) is 0 Å². The number of hydrogen-bond acceptors (Lipinski definition) is 4. The second-order valence-corrected chi connectivity index (χ2v) is 2.58. The molecule has 1 rings (SSSR count). The topological polar surface area (TPSA) is 47.6 Å². The van der Waals surface area contributed by atoms with Gasteiger partial charge in [-0.05, 0) is 12.8 Å². The van der Waals surface area contributed by atoms with Gasteiger partial charge in [-0.2, -0.15) is 0 Å². The van der Waals surface area contributed by atoms with Gasteiger partial charge in [-0.15, -0.1) is 0 Å². The van der Waals surface area contributed by atoms with Crippen LogP contribution in [0.3, 0.4) is 0 Å². The molecule has 0 heterocycles. The summed E-state index contributed by atoms with van der Waals surface area (Å²) in [5, 5.41) is 3.04. The van der Waals surface area contributed by atoms with Crippen LogP contribution in [0.1, 0.15) is 12.8 Å². The summed E-state index contributed by atoms with van der Waals surface area (Å²) in [4.78, 5) is 10.8. The molecule has 0 atom stereocenters. The summed E-state index contributed by atoms with van der Waals surface area (Å²) in [5.41, 5.74) is 0. The van der Waals surface area contributed by atoms with Crippen LogP contribution in [0.4, 0.5) is 0 Å². The van der Waals surface area contributed by atoms with Crippen molar-refractivity contribution in [3.8, 4) is 0 Å². The number of carbonyl (C=O) groups is 1. The highest BCUT2D eigenvalue weighted by atomic mass is 16.7. The molecule has 4 nitrogen and oxygen atoms in total. The quantitative estimate of drug-likeness (QED) is 0.449. The fourth-order valence-corrected chi connectivity index (χ4v) is 0.691. The van der Waals surface area contributed by atoms with E-state index in [1.807, 2.05) is 0 Å². The number of carbonyl (C=O) groups excluding carboxylic acids is 1. The van der Waals surface area contributed by atoms with Crippen molar-refractivity contribution < 1.29 is 14.3 Å². The van der Waals surface area contributed by atoms with E-state index >= 15 is 0 Å². The minimum absolute atomic E-state index is 0.0468. The molecule has 1 aliphatic rings. The summed E-state index contributed by atoms with van der Waals surface area (Å²) in [6.07, 6.45) is 2.36. The fraction of sp³-hybridized carbons (Fsp3) is 0.857. The first-order valence-corrected chi connectivity index (χ1v) is 3.71. The van der Waals surface area contributed by atoms with E-state index in [0.29, 0.717) is 12.6 Å². The number of rotatable bonds is 5. The van der Waals surface area contributed by atoms with Crippen LogP contribution in [0.25, 0.3) is 0 Å². The van der Waals surface area contributed by atoms with E-state index in [9.17, 15) is 4.79 Å². The Morgan fingerprint density at radius 2 is 2.36 bits per heavy atom. The molecule has 0 aromatic carbocycles. The molecule has 0 amide bonds. The fourth-order valence-electron chi connectivity index (χ4n) is 0.691. The van der Waals surface area contributed by atoms with Crippen LogP contribution >= 0.6 is 0 Å². The van der Waals surface area contributed by atoms with E-state index in [4.69, 9.17) is 0 Å². The van der Waals surface area contributed by atoms with E-state index < -0.39 is 0 Å². The molecule has 0 aliphatic heterocycles. The van der Waals surface area contributed by atoms with Crippen LogP contribution in [0.2, 0.25) is 0 Å². The van der Waals surface area contributed by atoms with E-state index in [1.165, 1.54) is 20.0 Å². The second kappa shape index (κ2) is 4.31. The summed E-state index contributed by atoms with van der Waals surface area (Å²) in [6.45, 7) is 0.346. The SMILES string of the molecule is COCOC(=O)CNC1CC1. The van der Waals surface area contributed by atoms with E-state index in [1.54, 1.807) is 0 Å². The zero-order valence-electron chi connectivity index (χ0n) is 6.63. The lowest BCUT2D eigenvalue weighted by Gasteiger charge is -2.02. The number of methoxy groups -OCH3 is 1. The maximum absolute atomic E-state index is 10.8. The first-order valence-electron chi connectivity index (χ1n) is 3.71. The van der Waals surface area contributed by atoms with Gasteiger partial charge in [0.05, 0.1) is 6.54 Å². The van der Waals surface area contributed by atoms with Crippen LogP contribution in [0, 0.1) is 0 Å². The molecule has 0 aromatic heterocycles. The van der Waals surface area contributed by atoms with E-state index in [-0.39, 0.29) is 12.8 Å². The molecule has 0 spiro atoms. The summed E-state index contributed by atoms with van der Waals surface area (Å²) >= 11 is 0. The zero-order valence-corrected chi connectivity index (χ0v) is 6.63. The molecule has 1 aliphatic carbocycles. The van der Waals surface area contributed by atoms with Gasteiger partial charge in [-0.3, -0.25) is 4.79 Å². The van der Waals surface area contributed by atoms with Crippen molar-refractivity contribution in [2.24, 2.45) is 0 Å². The van der Waals surface area contributed by atoms with Gasteiger partial charge in [-0.1, -0.05) is 0 Å². The predicted molar refractivity (Wildman–Crippen MR) is 39.0 cm³/mol. The molecule has 0 bridgehead atoms. The molecule has 64 valence electrons. The maximum atomic E-state index is 10.8. The monoisotopic (exact) mass is 159 g/mol. The number of esters is 1. The van der Waals surface area contributed by atoms with Crippen LogP contribution in [-0.2, 0) is 14.3 Å². The Labute approximate surface area is 65.9 Å². The first kappa shape index (κ1) is 8.49. The third-order valence-electron chi connectivity index (χ3n) is 1.45. The van der Waals surface area contributed by atoms with E-state index in [0.717, 1.165) is 0 Å². The van der Waals surface area contributed by atoms with Gasteiger partial charge < -0.3 is 14.8 Å². The Morgan fingerprint density at radius 3 is 2.91 bits per heavy atom. The molecule has 1 fully saturated rings. The smallest absolute Gasteiger partial charge is 0.322 e. The molecular weight excluding hydrogens is 146 g/mol. The molecular formula is C7H13NO3. The summed E-state index contributed by atoms with van der Waals surface area (Å²) < 4.78 is 9.21. The number of ether oxygens (including phenoxy) is 2. The van der Waals surface area contributed by atoms with Crippen molar-refractivity contribution in [2.75, 3.05) is 20.4 Å². The third-order valence-corrected chi connectivity index (χ3v) is 1.45. The minimum atomic E-state index is -0.251. The van der Waals surface area contributed by atoms with E-state index in [2.05, 4.69) is 14.8 Å². The molecule has 0 aromatic rings. The van der Waals surface area contributed by atoms with Crippen LogP contribution < -0.4 is 5.32 Å². The van der Waals surface area contributed by atoms with Crippen LogP contribution in [-0.4, -0.2) is 32.5 Å². The molecule has 11 heavy (non-hydrogen) atoms. The number of nitrogens with one attached hydrogen (secondary N) is 1. The predicted octanol–water partition coefficient (Wildman–Crippen LogP) is -0.115. The Hall–Kier alpha value is -0.610. The van der Waals surface area contributed by atoms with Crippen molar-refractivity contribution in [2.45, 2.75) is 18.9 Å². The van der Waals surface area contributed by atoms with Gasteiger partial charge in [0, 0.05) is 13.2 Å². The Kier molecular flexibility index (Phi) is 3.32. The van der Waals surface area contributed by atoms with Crippen molar-refractivity contribution in [3.63, 3.8) is 0 Å². The van der Waals surface area contributed by atoms with Gasteiger partial charge in [-0.25, -0.2) is 0 Å². The Morgan fingerprint density at radius 1 is 1.64 bits per heavy atom. The highest BCUT2D eigenvalue weighted by Crippen LogP contribution is 2.17. The lowest BCUT2D eigenvalue weighted by atomic mass is 10.6. The first-order chi connectivity index (χ1) is 5.33. The van der Waals surface area contributed by atoms with Gasteiger partial charge in [0.15, 0.2) is 6.79 Å². The molecule has 0 unspecified atom stereocenters. The maximum Gasteiger partial charge on any atom is 0.322 e. The van der Waals surface area contributed by atoms with Crippen molar-refractivity contribution in [3.05, 3.63) is 0 Å². The number of hydrogen-bond donors (Lipinski definition) is 1. The third kappa shape index (κ3) is 3.95. The normalized spacial score (nSPS) is 16.5. The van der Waals surface area contributed by atoms with Gasteiger partial charge in [0.1, 0.15) is 0 Å². The highest BCUT2D eigenvalue weighted by molar-refractivity contribution is 5.71. The Balaban J connectivity index is 1.91. The van der Waals surface area contributed by atoms with Crippen molar-refractivity contribution in [1.29, 1.82) is 0 Å². The molecule has 1 N–H and O–H groups in total. The second-order valence-electron chi connectivity index (χ2n) is 2.58. The molecule has 1 saturated carbocycles. The zero-order chi connectivity index (χ0) is 8.10. The van der Waals surface area contributed by atoms with Crippen LogP contribution in [0.5, 0.6) is 0 Å². The lowest BCUT2D eigenvalue weighted by Crippen LogP contribution is -2.26. The van der Waals surface area contributed by atoms with Crippen molar-refractivity contribution >= 4 is 5.97 Å². The van der Waals surface area contributed by atoms with Gasteiger partial charge in [0.2, 0.25) is 0 Å². The average Bonchev–Trinajstić information content (AvgIpc) is 2.80. The standard InChI is InChI=1S/C7H13NO3/c1-10-5-11-7(9)4-8-6-2-3-6/h6,8H,2-5H2,1H3. The van der Waals surface area contributed by atoms with Gasteiger partial charge >= 0.3 is 5.97 Å². The molecule has 4 heteroatoms.